The number of ether oxygens (including phenoxy) is 2. The number of methoxy groups -OCH3 is 1. The van der Waals surface area contributed by atoms with E-state index in [-0.39, 0.29) is 12.2 Å². The molecule has 1 fully saturated rings. The summed E-state index contributed by atoms with van der Waals surface area (Å²) in [6.45, 7) is 0.990. The average molecular weight is 484 g/mol. The number of hydrogen-bond donors (Lipinski definition) is 2. The zero-order valence-corrected chi connectivity index (χ0v) is 19.9. The number of aromatic nitrogens is 1. The summed E-state index contributed by atoms with van der Waals surface area (Å²) in [5.74, 6) is 1.02. The number of benzene rings is 2. The van der Waals surface area contributed by atoms with Gasteiger partial charge in [-0.2, -0.15) is 0 Å². The fourth-order valence-corrected chi connectivity index (χ4v) is 4.83. The average Bonchev–Trinajstić information content (AvgIpc) is 2.89. The molecule has 0 bridgehead atoms. The van der Waals surface area contributed by atoms with Gasteiger partial charge >= 0.3 is 0 Å². The second-order valence-electron chi connectivity index (χ2n) is 8.02. The zero-order chi connectivity index (χ0) is 24.2. The Labute approximate surface area is 200 Å². The van der Waals surface area contributed by atoms with Gasteiger partial charge in [0.05, 0.1) is 23.1 Å². The Hall–Kier alpha value is -3.27. The van der Waals surface area contributed by atoms with Gasteiger partial charge < -0.3 is 14.8 Å². The molecule has 0 spiro atoms. The predicted octanol–water partition coefficient (Wildman–Crippen LogP) is 3.60. The predicted molar refractivity (Wildman–Crippen MR) is 131 cm³/mol. The standard InChI is InChI=1S/C25H27N3O5S.H2/c1-26-34(30,31)21-12-6-18(7-13-21)22-4-3-5-23(27-22)28-24(29)25(14-16-33-17-15-25)19-8-10-20(32-2)11-9-19;/h3-13,26H,14-17H2,1-2H3,(H,27,28,29);1H. The van der Waals surface area contributed by atoms with Crippen LogP contribution in [-0.4, -0.2) is 46.7 Å². The van der Waals surface area contributed by atoms with Crippen LogP contribution in [0.2, 0.25) is 0 Å². The molecule has 0 aliphatic carbocycles. The minimum Gasteiger partial charge on any atom is -0.497 e. The fraction of sp³-hybridized carbons (Fsp3) is 0.280. The summed E-state index contributed by atoms with van der Waals surface area (Å²) in [7, 11) is -0.539. The maximum Gasteiger partial charge on any atom is 0.240 e. The van der Waals surface area contributed by atoms with Crippen molar-refractivity contribution in [3.8, 4) is 17.0 Å². The summed E-state index contributed by atoms with van der Waals surface area (Å²) in [6, 6.07) is 19.3. The Bertz CT molecular complexity index is 1260. The number of rotatable bonds is 7. The summed E-state index contributed by atoms with van der Waals surface area (Å²) in [5.41, 5.74) is 1.54. The lowest BCUT2D eigenvalue weighted by molar-refractivity contribution is -0.125. The van der Waals surface area contributed by atoms with Crippen LogP contribution >= 0.6 is 0 Å². The molecule has 9 heteroatoms. The molecule has 1 saturated heterocycles. The Kier molecular flexibility index (Phi) is 6.97. The van der Waals surface area contributed by atoms with Gasteiger partial charge in [0.25, 0.3) is 0 Å². The number of carbonyl (C=O) groups is 1. The van der Waals surface area contributed by atoms with E-state index in [1.165, 1.54) is 19.2 Å². The molecule has 1 aliphatic heterocycles. The third-order valence-electron chi connectivity index (χ3n) is 6.14. The van der Waals surface area contributed by atoms with Gasteiger partial charge in [0.2, 0.25) is 15.9 Å². The van der Waals surface area contributed by atoms with Gasteiger partial charge in [0, 0.05) is 20.2 Å². The molecule has 2 aromatic carbocycles. The molecule has 1 aliphatic rings. The molecule has 34 heavy (non-hydrogen) atoms. The first-order valence-corrected chi connectivity index (χ1v) is 12.4. The highest BCUT2D eigenvalue weighted by Crippen LogP contribution is 2.37. The largest absolute Gasteiger partial charge is 0.497 e. The van der Waals surface area contributed by atoms with Crippen molar-refractivity contribution in [2.45, 2.75) is 23.2 Å². The van der Waals surface area contributed by atoms with Crippen molar-refractivity contribution in [3.63, 3.8) is 0 Å². The van der Waals surface area contributed by atoms with Gasteiger partial charge in [-0.3, -0.25) is 4.79 Å². The molecule has 1 amide bonds. The molecule has 3 aromatic rings. The van der Waals surface area contributed by atoms with Gasteiger partial charge in [-0.25, -0.2) is 18.1 Å². The first-order valence-electron chi connectivity index (χ1n) is 10.9. The normalized spacial score (nSPS) is 15.5. The molecule has 0 saturated carbocycles. The highest BCUT2D eigenvalue weighted by atomic mass is 32.2. The fourth-order valence-electron chi connectivity index (χ4n) is 4.10. The number of sulfonamides is 1. The highest BCUT2D eigenvalue weighted by Gasteiger charge is 2.42. The first-order chi connectivity index (χ1) is 16.4. The lowest BCUT2D eigenvalue weighted by atomic mass is 9.73. The van der Waals surface area contributed by atoms with Crippen LogP contribution in [0.25, 0.3) is 11.3 Å². The van der Waals surface area contributed by atoms with E-state index in [9.17, 15) is 13.2 Å². The summed E-state index contributed by atoms with van der Waals surface area (Å²) in [6.07, 6.45) is 1.12. The molecule has 4 rings (SSSR count). The van der Waals surface area contributed by atoms with E-state index in [4.69, 9.17) is 9.47 Å². The highest BCUT2D eigenvalue weighted by molar-refractivity contribution is 7.89. The smallest absolute Gasteiger partial charge is 0.240 e. The lowest BCUT2D eigenvalue weighted by Gasteiger charge is -2.36. The zero-order valence-electron chi connectivity index (χ0n) is 19.1. The maximum atomic E-state index is 13.6. The number of anilines is 1. The SMILES string of the molecule is CNS(=O)(=O)c1ccc(-c2cccc(NC(=O)C3(c4ccc(OC)cc4)CCOCC3)n2)cc1.[HH]. The maximum absolute atomic E-state index is 13.6. The third kappa shape index (κ3) is 4.82. The quantitative estimate of drug-likeness (QED) is 0.532. The summed E-state index contributed by atoms with van der Waals surface area (Å²) < 4.78 is 37.0. The van der Waals surface area contributed by atoms with Crippen molar-refractivity contribution >= 4 is 21.7 Å². The van der Waals surface area contributed by atoms with Crippen molar-refractivity contribution in [1.29, 1.82) is 0 Å². The second kappa shape index (κ2) is 9.92. The van der Waals surface area contributed by atoms with Crippen molar-refractivity contribution in [1.82, 2.24) is 9.71 Å². The van der Waals surface area contributed by atoms with Gasteiger partial charge in [-0.05, 0) is 61.9 Å². The van der Waals surface area contributed by atoms with E-state index in [2.05, 4.69) is 15.0 Å². The Balaban J connectivity index is 0.00000342. The van der Waals surface area contributed by atoms with Crippen molar-refractivity contribution in [2.24, 2.45) is 0 Å². The van der Waals surface area contributed by atoms with E-state index >= 15 is 0 Å². The summed E-state index contributed by atoms with van der Waals surface area (Å²) in [4.78, 5) is 18.3. The van der Waals surface area contributed by atoms with E-state index in [0.29, 0.717) is 37.6 Å². The molecule has 180 valence electrons. The molecule has 2 N–H and O–H groups in total. The van der Waals surface area contributed by atoms with Crippen LogP contribution < -0.4 is 14.8 Å². The molecule has 0 radical (unpaired) electrons. The summed E-state index contributed by atoms with van der Waals surface area (Å²) in [5, 5.41) is 2.99. The van der Waals surface area contributed by atoms with Gasteiger partial charge in [-0.15, -0.1) is 0 Å². The van der Waals surface area contributed by atoms with Gasteiger partial charge in [0.1, 0.15) is 11.6 Å². The number of amides is 1. The van der Waals surface area contributed by atoms with Crippen molar-refractivity contribution in [2.75, 3.05) is 32.7 Å². The molecule has 1 aromatic heterocycles. The minimum absolute atomic E-state index is 0. The van der Waals surface area contributed by atoms with E-state index in [0.717, 1.165) is 16.9 Å². The molecular weight excluding hydrogens is 454 g/mol. The first kappa shape index (κ1) is 23.9. The number of nitrogens with one attached hydrogen (secondary N) is 2. The number of pyridine rings is 1. The number of carbonyl (C=O) groups excluding carboxylic acids is 1. The van der Waals surface area contributed by atoms with Crippen molar-refractivity contribution < 1.29 is 24.1 Å². The van der Waals surface area contributed by atoms with Crippen LogP contribution in [0, 0.1) is 0 Å². The summed E-state index contributed by atoms with van der Waals surface area (Å²) >= 11 is 0. The van der Waals surface area contributed by atoms with Crippen LogP contribution in [0.3, 0.4) is 0 Å². The van der Waals surface area contributed by atoms with Crippen LogP contribution in [0.5, 0.6) is 5.75 Å². The number of hydrogen-bond acceptors (Lipinski definition) is 6. The molecule has 0 unspecified atom stereocenters. The lowest BCUT2D eigenvalue weighted by Crippen LogP contribution is -2.45. The van der Waals surface area contributed by atoms with E-state index < -0.39 is 15.4 Å². The molecule has 2 heterocycles. The van der Waals surface area contributed by atoms with Crippen LogP contribution in [0.15, 0.2) is 71.6 Å². The monoisotopic (exact) mass is 483 g/mol. The molecule has 8 nitrogen and oxygen atoms in total. The third-order valence-corrected chi connectivity index (χ3v) is 7.57. The van der Waals surface area contributed by atoms with Crippen LogP contribution in [0.1, 0.15) is 19.8 Å². The Morgan fingerprint density at radius 1 is 1.03 bits per heavy atom. The van der Waals surface area contributed by atoms with E-state index in [1.807, 2.05) is 30.3 Å². The second-order valence-corrected chi connectivity index (χ2v) is 9.90. The minimum atomic E-state index is -3.52. The van der Waals surface area contributed by atoms with Crippen LogP contribution in [-0.2, 0) is 25.0 Å². The molecule has 0 atom stereocenters. The van der Waals surface area contributed by atoms with E-state index in [1.54, 1.807) is 31.4 Å². The van der Waals surface area contributed by atoms with Crippen LogP contribution in [0.4, 0.5) is 5.82 Å². The Morgan fingerprint density at radius 3 is 2.32 bits per heavy atom. The molecular formula is C25H29N3O5S. The topological polar surface area (TPSA) is 107 Å². The van der Waals surface area contributed by atoms with Gasteiger partial charge in [0.15, 0.2) is 0 Å². The Morgan fingerprint density at radius 2 is 1.71 bits per heavy atom. The van der Waals surface area contributed by atoms with Gasteiger partial charge in [-0.1, -0.05) is 30.3 Å². The number of nitrogens with zero attached hydrogens (tertiary/aromatic N) is 1. The van der Waals surface area contributed by atoms with Crippen molar-refractivity contribution in [3.05, 3.63) is 72.3 Å².